The molecule has 4 rings (SSSR count). The molecule has 1 aliphatic rings. The van der Waals surface area contributed by atoms with Crippen molar-refractivity contribution in [2.75, 3.05) is 25.6 Å². The molecule has 0 fully saturated rings. The number of carbonyl (C=O) groups is 1. The van der Waals surface area contributed by atoms with E-state index < -0.39 is 12.0 Å². The van der Waals surface area contributed by atoms with Crippen LogP contribution in [0, 0.1) is 0 Å². The van der Waals surface area contributed by atoms with E-state index in [4.69, 9.17) is 16.3 Å². The number of fused-ring (bicyclic) bond motifs is 1. The monoisotopic (exact) mass is 481 g/mol. The highest BCUT2D eigenvalue weighted by Gasteiger charge is 2.33. The lowest BCUT2D eigenvalue weighted by Gasteiger charge is -2.24. The first kappa shape index (κ1) is 23.0. The Morgan fingerprint density at radius 2 is 1.85 bits per heavy atom. The van der Waals surface area contributed by atoms with Crippen LogP contribution in [0.2, 0.25) is 5.02 Å². The van der Waals surface area contributed by atoms with Crippen molar-refractivity contribution in [3.63, 3.8) is 0 Å². The molecule has 0 spiro atoms. The van der Waals surface area contributed by atoms with E-state index in [2.05, 4.69) is 4.99 Å². The smallest absolute Gasteiger partial charge is 0.338 e. The van der Waals surface area contributed by atoms with Crippen molar-refractivity contribution in [2.24, 2.45) is 4.99 Å². The van der Waals surface area contributed by atoms with Gasteiger partial charge in [-0.05, 0) is 55.3 Å². The van der Waals surface area contributed by atoms with Crippen LogP contribution in [-0.4, -0.2) is 31.2 Å². The molecule has 6 nitrogen and oxygen atoms in total. The van der Waals surface area contributed by atoms with Crippen LogP contribution in [0.3, 0.4) is 0 Å². The standard InChI is InChI=1S/C25H24ClN3O3S/c1-5-32-24(31)21-15(2)27-25-29(22(21)17-8-10-18(26)11-9-17)23(30)20(33-25)14-16-6-12-19(13-7-16)28(3)4/h6-14,22H,5H2,1-4H3/b20-14+/t22-/m0/s1. The van der Waals surface area contributed by atoms with Gasteiger partial charge in [-0.2, -0.15) is 0 Å². The maximum Gasteiger partial charge on any atom is 0.338 e. The first-order valence-corrected chi connectivity index (χ1v) is 11.7. The Morgan fingerprint density at radius 3 is 2.45 bits per heavy atom. The van der Waals surface area contributed by atoms with Gasteiger partial charge in [0.25, 0.3) is 5.56 Å². The summed E-state index contributed by atoms with van der Waals surface area (Å²) in [6, 6.07) is 14.4. The van der Waals surface area contributed by atoms with Gasteiger partial charge in [-0.25, -0.2) is 9.79 Å². The van der Waals surface area contributed by atoms with Crippen LogP contribution >= 0.6 is 22.9 Å². The van der Waals surface area contributed by atoms with Crippen LogP contribution in [0.1, 0.15) is 31.0 Å². The van der Waals surface area contributed by atoms with Crippen molar-refractivity contribution in [3.05, 3.63) is 95.6 Å². The van der Waals surface area contributed by atoms with E-state index in [9.17, 15) is 9.59 Å². The third-order valence-corrected chi connectivity index (χ3v) is 6.64. The number of rotatable bonds is 5. The number of allylic oxidation sites excluding steroid dienone is 1. The van der Waals surface area contributed by atoms with Gasteiger partial charge in [-0.3, -0.25) is 9.36 Å². The molecule has 0 saturated carbocycles. The molecular formula is C25H24ClN3O3S. The maximum atomic E-state index is 13.5. The number of nitrogens with zero attached hydrogens (tertiary/aromatic N) is 3. The summed E-state index contributed by atoms with van der Waals surface area (Å²) in [6.45, 7) is 3.75. The van der Waals surface area contributed by atoms with Gasteiger partial charge >= 0.3 is 5.97 Å². The van der Waals surface area contributed by atoms with Gasteiger partial charge in [0.1, 0.15) is 0 Å². The third kappa shape index (κ3) is 4.51. The van der Waals surface area contributed by atoms with Crippen LogP contribution in [0.15, 0.2) is 69.6 Å². The summed E-state index contributed by atoms with van der Waals surface area (Å²) in [5.41, 5.74) is 3.44. The summed E-state index contributed by atoms with van der Waals surface area (Å²) in [7, 11) is 3.96. The number of hydrogen-bond donors (Lipinski definition) is 0. The fourth-order valence-corrected chi connectivity index (χ4v) is 4.94. The minimum atomic E-state index is -0.643. The number of aromatic nitrogens is 1. The number of carbonyl (C=O) groups excluding carboxylic acids is 1. The first-order valence-electron chi connectivity index (χ1n) is 10.5. The Hall–Kier alpha value is -3.16. The number of ether oxygens (including phenoxy) is 1. The Morgan fingerprint density at radius 1 is 1.18 bits per heavy atom. The van der Waals surface area contributed by atoms with Gasteiger partial charge < -0.3 is 9.64 Å². The lowest BCUT2D eigenvalue weighted by Crippen LogP contribution is -2.39. The summed E-state index contributed by atoms with van der Waals surface area (Å²) < 4.78 is 7.43. The number of esters is 1. The second-order valence-corrected chi connectivity index (χ2v) is 9.29. The van der Waals surface area contributed by atoms with Crippen LogP contribution in [-0.2, 0) is 9.53 Å². The van der Waals surface area contributed by atoms with Crippen molar-refractivity contribution in [2.45, 2.75) is 19.9 Å². The van der Waals surface area contributed by atoms with E-state index in [1.54, 1.807) is 30.5 Å². The predicted molar refractivity (Wildman–Crippen MR) is 133 cm³/mol. The molecule has 2 heterocycles. The highest BCUT2D eigenvalue weighted by atomic mass is 35.5. The molecule has 33 heavy (non-hydrogen) atoms. The number of thiazole rings is 1. The molecule has 0 radical (unpaired) electrons. The van der Waals surface area contributed by atoms with Crippen molar-refractivity contribution >= 4 is 40.7 Å². The molecule has 170 valence electrons. The average Bonchev–Trinajstić information content (AvgIpc) is 3.08. The van der Waals surface area contributed by atoms with E-state index in [1.165, 1.54) is 11.3 Å². The fourth-order valence-electron chi connectivity index (χ4n) is 3.77. The van der Waals surface area contributed by atoms with Gasteiger partial charge in [0, 0.05) is 24.8 Å². The SMILES string of the molecule is CCOC(=O)C1=C(C)N=c2s/c(=C/c3ccc(N(C)C)cc3)c(=O)n2[C@H]1c1ccc(Cl)cc1. The van der Waals surface area contributed by atoms with Crippen LogP contribution in [0.25, 0.3) is 6.08 Å². The van der Waals surface area contributed by atoms with Crippen molar-refractivity contribution in [3.8, 4) is 0 Å². The third-order valence-electron chi connectivity index (χ3n) is 5.41. The molecule has 1 atom stereocenters. The zero-order valence-corrected chi connectivity index (χ0v) is 20.4. The van der Waals surface area contributed by atoms with E-state index in [1.807, 2.05) is 61.5 Å². The average molecular weight is 482 g/mol. The minimum absolute atomic E-state index is 0.204. The molecule has 0 aliphatic carbocycles. The Labute approximate surface area is 200 Å². The molecule has 0 unspecified atom stereocenters. The molecule has 3 aromatic rings. The Balaban J connectivity index is 1.90. The molecule has 1 aliphatic heterocycles. The number of halogens is 1. The Bertz CT molecular complexity index is 1400. The zero-order chi connectivity index (χ0) is 23.7. The Kier molecular flexibility index (Phi) is 6.54. The quantitative estimate of drug-likeness (QED) is 0.523. The molecule has 0 saturated heterocycles. The largest absolute Gasteiger partial charge is 0.463 e. The van der Waals surface area contributed by atoms with Gasteiger partial charge in [0.05, 0.1) is 28.5 Å². The molecule has 8 heteroatoms. The van der Waals surface area contributed by atoms with Gasteiger partial charge in [0.15, 0.2) is 4.80 Å². The van der Waals surface area contributed by atoms with E-state index in [0.717, 1.165) is 16.8 Å². The first-order chi connectivity index (χ1) is 15.8. The summed E-state index contributed by atoms with van der Waals surface area (Å²) >= 11 is 7.39. The number of benzene rings is 2. The molecule has 1 aromatic heterocycles. The molecule has 0 amide bonds. The second-order valence-electron chi connectivity index (χ2n) is 7.84. The lowest BCUT2D eigenvalue weighted by molar-refractivity contribution is -0.139. The van der Waals surface area contributed by atoms with Crippen molar-refractivity contribution < 1.29 is 9.53 Å². The highest BCUT2D eigenvalue weighted by molar-refractivity contribution is 7.07. The second kappa shape index (κ2) is 9.37. The lowest BCUT2D eigenvalue weighted by atomic mass is 9.96. The zero-order valence-electron chi connectivity index (χ0n) is 18.8. The minimum Gasteiger partial charge on any atom is -0.463 e. The molecule has 2 aromatic carbocycles. The summed E-state index contributed by atoms with van der Waals surface area (Å²) in [5.74, 6) is -0.479. The fraction of sp³-hybridized carbons (Fsp3) is 0.240. The summed E-state index contributed by atoms with van der Waals surface area (Å²) in [4.78, 5) is 33.6. The molecule has 0 bridgehead atoms. The van der Waals surface area contributed by atoms with Gasteiger partial charge in [0.2, 0.25) is 0 Å². The van der Waals surface area contributed by atoms with Gasteiger partial charge in [-0.15, -0.1) is 0 Å². The van der Waals surface area contributed by atoms with E-state index in [0.29, 0.717) is 25.6 Å². The van der Waals surface area contributed by atoms with E-state index in [-0.39, 0.29) is 12.2 Å². The van der Waals surface area contributed by atoms with Crippen molar-refractivity contribution in [1.29, 1.82) is 0 Å². The highest BCUT2D eigenvalue weighted by Crippen LogP contribution is 2.31. The normalized spacial score (nSPS) is 15.8. The topological polar surface area (TPSA) is 63.9 Å². The number of hydrogen-bond acceptors (Lipinski definition) is 6. The predicted octanol–water partition coefficient (Wildman–Crippen LogP) is 3.52. The van der Waals surface area contributed by atoms with Crippen LogP contribution in [0.4, 0.5) is 5.69 Å². The van der Waals surface area contributed by atoms with E-state index >= 15 is 0 Å². The molecule has 0 N–H and O–H groups in total. The van der Waals surface area contributed by atoms with Gasteiger partial charge in [-0.1, -0.05) is 47.2 Å². The van der Waals surface area contributed by atoms with Crippen LogP contribution in [0.5, 0.6) is 0 Å². The maximum absolute atomic E-state index is 13.5. The van der Waals surface area contributed by atoms with Crippen molar-refractivity contribution in [1.82, 2.24) is 4.57 Å². The summed E-state index contributed by atoms with van der Waals surface area (Å²) in [5, 5.41) is 0.575. The van der Waals surface area contributed by atoms with Crippen LogP contribution < -0.4 is 19.8 Å². The number of anilines is 1. The summed E-state index contributed by atoms with van der Waals surface area (Å²) in [6.07, 6.45) is 1.85. The molecular weight excluding hydrogens is 458 g/mol.